The summed E-state index contributed by atoms with van der Waals surface area (Å²) in [6.07, 6.45) is 2.73. The molecule has 0 aromatic carbocycles. The Morgan fingerprint density at radius 3 is 2.47 bits per heavy atom. The van der Waals surface area contributed by atoms with E-state index in [2.05, 4.69) is 38.7 Å². The molecule has 0 radical (unpaired) electrons. The van der Waals surface area contributed by atoms with E-state index >= 15 is 0 Å². The first-order valence-electron chi connectivity index (χ1n) is 6.55. The van der Waals surface area contributed by atoms with Gasteiger partial charge in [-0.15, -0.1) is 0 Å². The zero-order chi connectivity index (χ0) is 14.0. The molecule has 0 aliphatic carbocycles. The molecule has 4 nitrogen and oxygen atoms in total. The minimum absolute atomic E-state index is 0.0507. The largest absolute Gasteiger partial charge is 0.481 e. The van der Waals surface area contributed by atoms with Gasteiger partial charge in [-0.25, -0.2) is 9.67 Å². The van der Waals surface area contributed by atoms with Crippen LogP contribution < -0.4 is 4.74 Å². The molecule has 0 aliphatic rings. The summed E-state index contributed by atoms with van der Waals surface area (Å²) in [7, 11) is 1.62. The second-order valence-corrected chi connectivity index (χ2v) is 5.60. The first-order chi connectivity index (χ1) is 8.95. The number of hydrogen-bond donors (Lipinski definition) is 0. The fraction of sp³-hybridized carbons (Fsp3) is 0.467. The van der Waals surface area contributed by atoms with Gasteiger partial charge in [0.05, 0.1) is 24.7 Å². The van der Waals surface area contributed by atoms with Gasteiger partial charge in [-0.05, 0) is 18.6 Å². The van der Waals surface area contributed by atoms with Gasteiger partial charge in [0.1, 0.15) is 0 Å². The summed E-state index contributed by atoms with van der Waals surface area (Å²) in [5.41, 5.74) is 3.31. The first-order valence-corrected chi connectivity index (χ1v) is 6.55. The summed E-state index contributed by atoms with van der Waals surface area (Å²) >= 11 is 0. The van der Waals surface area contributed by atoms with Gasteiger partial charge in [-0.1, -0.05) is 27.7 Å². The third-order valence-corrected chi connectivity index (χ3v) is 3.09. The molecule has 102 valence electrons. The first kappa shape index (κ1) is 13.6. The molecule has 4 heteroatoms. The van der Waals surface area contributed by atoms with E-state index in [1.54, 1.807) is 13.3 Å². The normalized spacial score (nSPS) is 11.6. The quantitative estimate of drug-likeness (QED) is 0.850. The molecule has 0 fully saturated rings. The van der Waals surface area contributed by atoms with Crippen molar-refractivity contribution in [3.05, 3.63) is 35.8 Å². The maximum atomic E-state index is 5.08. The Bertz CT molecular complexity index is 550. The van der Waals surface area contributed by atoms with Crippen LogP contribution in [0.5, 0.6) is 5.88 Å². The van der Waals surface area contributed by atoms with Gasteiger partial charge in [0.25, 0.3) is 0 Å². The van der Waals surface area contributed by atoms with Crippen LogP contribution in [0.15, 0.2) is 24.4 Å². The molecular weight excluding hydrogens is 238 g/mol. The Morgan fingerprint density at radius 2 is 2.00 bits per heavy atom. The third kappa shape index (κ3) is 2.78. The molecule has 0 atom stereocenters. The monoisotopic (exact) mass is 259 g/mol. The van der Waals surface area contributed by atoms with Crippen molar-refractivity contribution < 1.29 is 4.74 Å². The lowest BCUT2D eigenvalue weighted by Gasteiger charge is -2.14. The number of hydrogen-bond acceptors (Lipinski definition) is 3. The van der Waals surface area contributed by atoms with E-state index < -0.39 is 0 Å². The van der Waals surface area contributed by atoms with Gasteiger partial charge in [-0.2, -0.15) is 5.10 Å². The molecule has 0 spiro atoms. The molecule has 0 bridgehead atoms. The van der Waals surface area contributed by atoms with Crippen molar-refractivity contribution in [1.29, 1.82) is 0 Å². The molecule has 2 heterocycles. The molecule has 2 rings (SSSR count). The van der Waals surface area contributed by atoms with Crippen LogP contribution in [0.25, 0.3) is 5.69 Å². The topological polar surface area (TPSA) is 39.9 Å². The molecule has 0 saturated heterocycles. The molecular formula is C15H21N3O. The average Bonchev–Trinajstić information content (AvgIpc) is 2.83. The lowest BCUT2D eigenvalue weighted by atomic mass is 9.92. The van der Waals surface area contributed by atoms with E-state index in [1.807, 2.05) is 16.8 Å². The summed E-state index contributed by atoms with van der Waals surface area (Å²) in [4.78, 5) is 4.24. The highest BCUT2D eigenvalue weighted by molar-refractivity contribution is 5.34. The van der Waals surface area contributed by atoms with Crippen LogP contribution in [-0.4, -0.2) is 21.9 Å². The van der Waals surface area contributed by atoms with Gasteiger partial charge in [0.15, 0.2) is 0 Å². The summed E-state index contributed by atoms with van der Waals surface area (Å²) in [6, 6.07) is 6.00. The maximum absolute atomic E-state index is 5.08. The third-order valence-electron chi connectivity index (χ3n) is 3.09. The number of rotatable bonds is 3. The van der Waals surface area contributed by atoms with Gasteiger partial charge in [-0.3, -0.25) is 0 Å². The average molecular weight is 259 g/mol. The van der Waals surface area contributed by atoms with Gasteiger partial charge in [0, 0.05) is 17.2 Å². The Morgan fingerprint density at radius 1 is 1.26 bits per heavy atom. The Balaban J connectivity index is 2.45. The van der Waals surface area contributed by atoms with Crippen molar-refractivity contribution in [2.24, 2.45) is 0 Å². The standard InChI is InChI=1S/C15H21N3O/c1-6-11-9-13(15(2,3)4)17-18(11)12-7-8-14(19-5)16-10-12/h7-10H,6H2,1-5H3. The van der Waals surface area contributed by atoms with Crippen LogP contribution in [0, 0.1) is 0 Å². The summed E-state index contributed by atoms with van der Waals surface area (Å²) < 4.78 is 7.05. The highest BCUT2D eigenvalue weighted by Crippen LogP contribution is 2.24. The van der Waals surface area contributed by atoms with E-state index in [-0.39, 0.29) is 5.41 Å². The molecule has 0 saturated carbocycles. The Kier molecular flexibility index (Phi) is 3.60. The summed E-state index contributed by atoms with van der Waals surface area (Å²) in [6.45, 7) is 8.65. The van der Waals surface area contributed by atoms with Crippen molar-refractivity contribution in [3.63, 3.8) is 0 Å². The van der Waals surface area contributed by atoms with Crippen LogP contribution in [0.4, 0.5) is 0 Å². The van der Waals surface area contributed by atoms with Crippen LogP contribution in [0.3, 0.4) is 0 Å². The minimum atomic E-state index is 0.0507. The molecule has 2 aromatic rings. The maximum Gasteiger partial charge on any atom is 0.213 e. The van der Waals surface area contributed by atoms with Crippen molar-refractivity contribution in [2.75, 3.05) is 7.11 Å². The van der Waals surface area contributed by atoms with Gasteiger partial charge < -0.3 is 4.74 Å². The Hall–Kier alpha value is -1.84. The summed E-state index contributed by atoms with van der Waals surface area (Å²) in [5.74, 6) is 0.616. The van der Waals surface area contributed by atoms with Crippen molar-refractivity contribution in [1.82, 2.24) is 14.8 Å². The second-order valence-electron chi connectivity index (χ2n) is 5.60. The zero-order valence-electron chi connectivity index (χ0n) is 12.3. The van der Waals surface area contributed by atoms with Crippen LogP contribution in [0.2, 0.25) is 0 Å². The van der Waals surface area contributed by atoms with E-state index in [0.29, 0.717) is 5.88 Å². The number of ether oxygens (including phenoxy) is 1. The van der Waals surface area contributed by atoms with Crippen molar-refractivity contribution >= 4 is 0 Å². The SMILES string of the molecule is CCc1cc(C(C)(C)C)nn1-c1ccc(OC)nc1. The van der Waals surface area contributed by atoms with E-state index in [0.717, 1.165) is 17.8 Å². The van der Waals surface area contributed by atoms with E-state index in [9.17, 15) is 0 Å². The van der Waals surface area contributed by atoms with Crippen molar-refractivity contribution in [2.45, 2.75) is 39.5 Å². The predicted octanol–water partition coefficient (Wildman–Crippen LogP) is 3.14. The highest BCUT2D eigenvalue weighted by Gasteiger charge is 2.19. The van der Waals surface area contributed by atoms with Crippen molar-refractivity contribution in [3.8, 4) is 11.6 Å². The molecule has 2 aromatic heterocycles. The van der Waals surface area contributed by atoms with E-state index in [4.69, 9.17) is 9.84 Å². The number of aryl methyl sites for hydroxylation is 1. The van der Waals surface area contributed by atoms with E-state index in [1.165, 1.54) is 5.69 Å². The fourth-order valence-electron chi connectivity index (χ4n) is 1.88. The van der Waals surface area contributed by atoms with Gasteiger partial charge in [0.2, 0.25) is 5.88 Å². The number of pyridine rings is 1. The van der Waals surface area contributed by atoms with Gasteiger partial charge >= 0.3 is 0 Å². The lowest BCUT2D eigenvalue weighted by Crippen LogP contribution is -2.12. The lowest BCUT2D eigenvalue weighted by molar-refractivity contribution is 0.397. The minimum Gasteiger partial charge on any atom is -0.481 e. The molecule has 0 N–H and O–H groups in total. The number of aromatic nitrogens is 3. The van der Waals surface area contributed by atoms with Crippen LogP contribution in [0.1, 0.15) is 39.1 Å². The Labute approximate surface area is 114 Å². The molecule has 0 aliphatic heterocycles. The molecule has 19 heavy (non-hydrogen) atoms. The highest BCUT2D eigenvalue weighted by atomic mass is 16.5. The molecule has 0 unspecified atom stereocenters. The second kappa shape index (κ2) is 5.03. The number of nitrogens with zero attached hydrogens (tertiary/aromatic N) is 3. The number of methoxy groups -OCH3 is 1. The van der Waals surface area contributed by atoms with Crippen LogP contribution in [-0.2, 0) is 11.8 Å². The fourth-order valence-corrected chi connectivity index (χ4v) is 1.88. The zero-order valence-corrected chi connectivity index (χ0v) is 12.3. The van der Waals surface area contributed by atoms with Crippen LogP contribution >= 0.6 is 0 Å². The molecule has 0 amide bonds. The smallest absolute Gasteiger partial charge is 0.213 e. The summed E-state index contributed by atoms with van der Waals surface area (Å²) in [5, 5.41) is 4.71. The predicted molar refractivity (Wildman–Crippen MR) is 76.0 cm³/mol.